The molecule has 3 rings (SSSR count). The zero-order chi connectivity index (χ0) is 20.3. The number of hydrogen-bond acceptors (Lipinski definition) is 5. The van der Waals surface area contributed by atoms with Gasteiger partial charge in [-0.3, -0.25) is 14.5 Å². The Kier molecular flexibility index (Phi) is 6.01. The fourth-order valence-electron chi connectivity index (χ4n) is 3.09. The van der Waals surface area contributed by atoms with E-state index in [1.165, 1.54) is 18.4 Å². The molecule has 152 valence electrons. The molecule has 1 N–H and O–H groups in total. The second-order valence-corrected chi connectivity index (χ2v) is 8.33. The zero-order valence-corrected chi connectivity index (χ0v) is 15.8. The van der Waals surface area contributed by atoms with Crippen LogP contribution >= 0.6 is 0 Å². The highest BCUT2D eigenvalue weighted by molar-refractivity contribution is 7.85. The molecular weight excluding hydrogens is 397 g/mol. The molecule has 0 saturated carbocycles. The van der Waals surface area contributed by atoms with Gasteiger partial charge in [-0.05, 0) is 30.9 Å². The summed E-state index contributed by atoms with van der Waals surface area (Å²) >= 11 is 0. The van der Waals surface area contributed by atoms with Gasteiger partial charge in [-0.25, -0.2) is 4.79 Å². The van der Waals surface area contributed by atoms with Crippen LogP contribution in [0.5, 0.6) is 0 Å². The highest BCUT2D eigenvalue weighted by Crippen LogP contribution is 2.30. The molecule has 1 saturated heterocycles. The van der Waals surface area contributed by atoms with Crippen LogP contribution in [0.2, 0.25) is 0 Å². The molecule has 1 fully saturated rings. The van der Waals surface area contributed by atoms with E-state index in [-0.39, 0.29) is 22.1 Å². The van der Waals surface area contributed by atoms with Crippen LogP contribution in [-0.4, -0.2) is 43.6 Å². The number of anilines is 1. The molecule has 0 spiro atoms. The summed E-state index contributed by atoms with van der Waals surface area (Å²) in [4.78, 5) is 17.5. The third-order valence-corrected chi connectivity index (χ3v) is 6.53. The van der Waals surface area contributed by atoms with E-state index in [1.807, 2.05) is 6.92 Å². The first-order chi connectivity index (χ1) is 13.3. The van der Waals surface area contributed by atoms with Gasteiger partial charge in [-0.2, -0.15) is 13.2 Å². The summed E-state index contributed by atoms with van der Waals surface area (Å²) in [6.45, 7) is 2.78. The number of aromatic nitrogens is 2. The number of amides is 2. The molecule has 2 atom stereocenters. The van der Waals surface area contributed by atoms with E-state index in [9.17, 15) is 22.2 Å². The standard InChI is InChI=1S/C17H19F3N4O3S/c1-11(28(26)13-2-3-14(21-10-13)17(18,19)20)12-4-7-24(8-5-12)16(25)22-15-6-9-27-23-15/h2-3,6,9-12H,4-5,7-8H2,1H3,(H,22,23,25). The summed E-state index contributed by atoms with van der Waals surface area (Å²) in [5.74, 6) is 0.413. The number of likely N-dealkylation sites (tertiary alicyclic amines) is 1. The molecule has 7 nitrogen and oxygen atoms in total. The molecule has 0 radical (unpaired) electrons. The average Bonchev–Trinajstić information content (AvgIpc) is 3.19. The summed E-state index contributed by atoms with van der Waals surface area (Å²) in [5, 5.41) is 5.98. The molecular formula is C17H19F3N4O3S. The molecule has 2 amide bonds. The van der Waals surface area contributed by atoms with Crippen LogP contribution in [-0.2, 0) is 17.0 Å². The van der Waals surface area contributed by atoms with Gasteiger partial charge < -0.3 is 9.42 Å². The summed E-state index contributed by atoms with van der Waals surface area (Å²) in [6.07, 6.45) is -0.851. The first-order valence-corrected chi connectivity index (χ1v) is 9.87. The molecule has 0 aliphatic carbocycles. The van der Waals surface area contributed by atoms with Gasteiger partial charge in [0.2, 0.25) is 0 Å². The van der Waals surface area contributed by atoms with Crippen molar-refractivity contribution in [3.63, 3.8) is 0 Å². The second kappa shape index (κ2) is 8.29. The van der Waals surface area contributed by atoms with E-state index in [0.29, 0.717) is 31.7 Å². The number of hydrogen-bond donors (Lipinski definition) is 1. The van der Waals surface area contributed by atoms with Crippen molar-refractivity contribution in [1.29, 1.82) is 0 Å². The van der Waals surface area contributed by atoms with Crippen LogP contribution < -0.4 is 5.32 Å². The Bertz CT molecular complexity index is 819. The van der Waals surface area contributed by atoms with E-state index in [0.717, 1.165) is 12.3 Å². The SMILES string of the molecule is CC(C1CCN(C(=O)Nc2ccon2)CC1)S(=O)c1ccc(C(F)(F)F)nc1. The Morgan fingerprint density at radius 2 is 2.04 bits per heavy atom. The van der Waals surface area contributed by atoms with Crippen molar-refractivity contribution < 1.29 is 26.7 Å². The maximum absolute atomic E-state index is 12.7. The second-order valence-electron chi connectivity index (χ2n) is 6.52. The highest BCUT2D eigenvalue weighted by atomic mass is 32.2. The number of carbonyl (C=O) groups excluding carboxylic acids is 1. The Hall–Kier alpha value is -2.43. The predicted molar refractivity (Wildman–Crippen MR) is 94.9 cm³/mol. The van der Waals surface area contributed by atoms with Crippen molar-refractivity contribution in [3.8, 4) is 0 Å². The normalized spacial score (nSPS) is 17.9. The van der Waals surface area contributed by atoms with Crippen LogP contribution in [0.4, 0.5) is 23.8 Å². The number of urea groups is 1. The van der Waals surface area contributed by atoms with Crippen LogP contribution in [0.15, 0.2) is 40.1 Å². The molecule has 0 aromatic carbocycles. The third kappa shape index (κ3) is 4.70. The van der Waals surface area contributed by atoms with Crippen molar-refractivity contribution >= 4 is 22.6 Å². The number of alkyl halides is 3. The number of piperidine rings is 1. The summed E-state index contributed by atoms with van der Waals surface area (Å²) < 4.78 is 55.2. The molecule has 1 aliphatic heterocycles. The van der Waals surface area contributed by atoms with Crippen molar-refractivity contribution in [2.75, 3.05) is 18.4 Å². The Morgan fingerprint density at radius 3 is 2.57 bits per heavy atom. The van der Waals surface area contributed by atoms with Crippen molar-refractivity contribution in [3.05, 3.63) is 36.4 Å². The molecule has 2 aromatic heterocycles. The molecule has 3 heterocycles. The monoisotopic (exact) mass is 416 g/mol. The van der Waals surface area contributed by atoms with E-state index in [4.69, 9.17) is 0 Å². The quantitative estimate of drug-likeness (QED) is 0.824. The summed E-state index contributed by atoms with van der Waals surface area (Å²) in [5.41, 5.74) is -1.01. The van der Waals surface area contributed by atoms with Crippen LogP contribution in [0.25, 0.3) is 0 Å². The van der Waals surface area contributed by atoms with Crippen LogP contribution in [0, 0.1) is 5.92 Å². The van der Waals surface area contributed by atoms with Gasteiger partial charge in [0.1, 0.15) is 12.0 Å². The lowest BCUT2D eigenvalue weighted by atomic mass is 9.94. The minimum absolute atomic E-state index is 0.0826. The third-order valence-electron chi connectivity index (χ3n) is 4.76. The number of nitrogens with zero attached hydrogens (tertiary/aromatic N) is 3. The van der Waals surface area contributed by atoms with E-state index in [2.05, 4.69) is 20.0 Å². The maximum Gasteiger partial charge on any atom is 0.433 e. The topological polar surface area (TPSA) is 88.3 Å². The average molecular weight is 416 g/mol. The van der Waals surface area contributed by atoms with E-state index >= 15 is 0 Å². The Labute approximate surface area is 161 Å². The number of carbonyl (C=O) groups is 1. The molecule has 2 unspecified atom stereocenters. The summed E-state index contributed by atoms with van der Waals surface area (Å²) in [6, 6.07) is 3.31. The fraction of sp³-hybridized carbons (Fsp3) is 0.471. The van der Waals surface area contributed by atoms with Crippen molar-refractivity contribution in [2.24, 2.45) is 5.92 Å². The van der Waals surface area contributed by atoms with Gasteiger partial charge >= 0.3 is 12.2 Å². The first kappa shape index (κ1) is 20.3. The number of nitrogens with one attached hydrogen (secondary N) is 1. The maximum atomic E-state index is 12.7. The van der Waals surface area contributed by atoms with Crippen LogP contribution in [0.1, 0.15) is 25.5 Å². The van der Waals surface area contributed by atoms with Gasteiger partial charge in [-0.1, -0.05) is 12.1 Å². The highest BCUT2D eigenvalue weighted by Gasteiger charge is 2.33. The molecule has 11 heteroatoms. The number of halogens is 3. The molecule has 1 aliphatic rings. The summed E-state index contributed by atoms with van der Waals surface area (Å²) in [7, 11) is -1.48. The van der Waals surface area contributed by atoms with Crippen molar-refractivity contribution in [2.45, 2.75) is 36.1 Å². The van der Waals surface area contributed by atoms with Gasteiger partial charge in [0, 0.05) is 30.6 Å². The smallest absolute Gasteiger partial charge is 0.363 e. The van der Waals surface area contributed by atoms with Gasteiger partial charge in [0.25, 0.3) is 0 Å². The van der Waals surface area contributed by atoms with E-state index < -0.39 is 22.7 Å². The largest absolute Gasteiger partial charge is 0.433 e. The lowest BCUT2D eigenvalue weighted by Gasteiger charge is -2.34. The minimum atomic E-state index is -4.52. The Balaban J connectivity index is 1.55. The molecule has 0 bridgehead atoms. The van der Waals surface area contributed by atoms with E-state index in [1.54, 1.807) is 4.90 Å². The molecule has 2 aromatic rings. The van der Waals surface area contributed by atoms with Crippen molar-refractivity contribution in [1.82, 2.24) is 15.0 Å². The van der Waals surface area contributed by atoms with Gasteiger partial charge in [0.15, 0.2) is 5.82 Å². The lowest BCUT2D eigenvalue weighted by molar-refractivity contribution is -0.141. The number of pyridine rings is 1. The minimum Gasteiger partial charge on any atom is -0.363 e. The van der Waals surface area contributed by atoms with Gasteiger partial charge in [-0.15, -0.1) is 0 Å². The molecule has 28 heavy (non-hydrogen) atoms. The fourth-order valence-corrected chi connectivity index (χ4v) is 4.50. The van der Waals surface area contributed by atoms with Crippen LogP contribution in [0.3, 0.4) is 0 Å². The lowest BCUT2D eigenvalue weighted by Crippen LogP contribution is -2.43. The first-order valence-electron chi connectivity index (χ1n) is 8.66. The zero-order valence-electron chi connectivity index (χ0n) is 15.0. The number of rotatable bonds is 4. The van der Waals surface area contributed by atoms with Gasteiger partial charge in [0.05, 0.1) is 15.7 Å². The Morgan fingerprint density at radius 1 is 1.32 bits per heavy atom. The predicted octanol–water partition coefficient (Wildman–Crippen LogP) is 3.53.